The van der Waals surface area contributed by atoms with Gasteiger partial charge in [0.1, 0.15) is 0 Å². The Kier molecular flexibility index (Phi) is 4.95. The average molecular weight is 254 g/mol. The summed E-state index contributed by atoms with van der Waals surface area (Å²) in [4.78, 5) is 5.78. The standard InChI is InChI=1S/C13H22N2OS/c1-3-14-12(13-10(2)15-9-17-13)8-11-4-6-16-7-5-11/h9,11-12,14H,3-8H2,1-2H3. The molecule has 0 aromatic carbocycles. The van der Waals surface area contributed by atoms with Crippen LogP contribution in [0.2, 0.25) is 0 Å². The smallest absolute Gasteiger partial charge is 0.0798 e. The molecule has 0 spiro atoms. The molecule has 1 unspecified atom stereocenters. The number of aromatic nitrogens is 1. The van der Waals surface area contributed by atoms with Crippen molar-refractivity contribution in [3.8, 4) is 0 Å². The Morgan fingerprint density at radius 2 is 2.29 bits per heavy atom. The van der Waals surface area contributed by atoms with Crippen molar-refractivity contribution < 1.29 is 4.74 Å². The van der Waals surface area contributed by atoms with Crippen LogP contribution in [0.25, 0.3) is 0 Å². The fraction of sp³-hybridized carbons (Fsp3) is 0.769. The van der Waals surface area contributed by atoms with Gasteiger partial charge < -0.3 is 10.1 Å². The van der Waals surface area contributed by atoms with E-state index in [0.29, 0.717) is 6.04 Å². The van der Waals surface area contributed by atoms with Gasteiger partial charge in [-0.2, -0.15) is 0 Å². The first kappa shape index (κ1) is 13.0. The van der Waals surface area contributed by atoms with E-state index in [1.54, 1.807) is 11.3 Å². The zero-order valence-corrected chi connectivity index (χ0v) is 11.6. The summed E-state index contributed by atoms with van der Waals surface area (Å²) in [5.41, 5.74) is 3.15. The van der Waals surface area contributed by atoms with Crippen LogP contribution in [0.15, 0.2) is 5.51 Å². The van der Waals surface area contributed by atoms with Crippen LogP contribution in [0.4, 0.5) is 0 Å². The predicted octanol–water partition coefficient (Wildman–Crippen LogP) is 2.92. The van der Waals surface area contributed by atoms with Gasteiger partial charge >= 0.3 is 0 Å². The zero-order chi connectivity index (χ0) is 12.1. The maximum atomic E-state index is 5.43. The fourth-order valence-corrected chi connectivity index (χ4v) is 3.38. The van der Waals surface area contributed by atoms with Crippen molar-refractivity contribution in [2.75, 3.05) is 19.8 Å². The van der Waals surface area contributed by atoms with Crippen LogP contribution in [0.1, 0.15) is 42.8 Å². The molecule has 3 nitrogen and oxygen atoms in total. The number of rotatable bonds is 5. The number of nitrogens with one attached hydrogen (secondary N) is 1. The van der Waals surface area contributed by atoms with E-state index in [9.17, 15) is 0 Å². The predicted molar refractivity (Wildman–Crippen MR) is 71.4 cm³/mol. The lowest BCUT2D eigenvalue weighted by Gasteiger charge is -2.26. The van der Waals surface area contributed by atoms with Crippen molar-refractivity contribution in [2.24, 2.45) is 5.92 Å². The summed E-state index contributed by atoms with van der Waals surface area (Å²) >= 11 is 1.78. The first-order valence-electron chi connectivity index (χ1n) is 6.52. The van der Waals surface area contributed by atoms with Gasteiger partial charge in [-0.25, -0.2) is 4.98 Å². The Balaban J connectivity index is 1.99. The molecule has 1 aromatic rings. The molecule has 0 bridgehead atoms. The second-order valence-electron chi connectivity index (χ2n) is 4.70. The first-order chi connectivity index (χ1) is 8.31. The molecule has 1 fully saturated rings. The second kappa shape index (κ2) is 6.47. The lowest BCUT2D eigenvalue weighted by molar-refractivity contribution is 0.0607. The highest BCUT2D eigenvalue weighted by Gasteiger charge is 2.22. The number of hydrogen-bond acceptors (Lipinski definition) is 4. The molecular formula is C13H22N2OS. The average Bonchev–Trinajstić information content (AvgIpc) is 2.76. The van der Waals surface area contributed by atoms with Crippen LogP contribution in [0.5, 0.6) is 0 Å². The highest BCUT2D eigenvalue weighted by atomic mass is 32.1. The van der Waals surface area contributed by atoms with E-state index < -0.39 is 0 Å². The van der Waals surface area contributed by atoms with Crippen LogP contribution < -0.4 is 5.32 Å². The molecular weight excluding hydrogens is 232 g/mol. The van der Waals surface area contributed by atoms with Crippen molar-refractivity contribution in [2.45, 2.75) is 39.2 Å². The monoisotopic (exact) mass is 254 g/mol. The summed E-state index contributed by atoms with van der Waals surface area (Å²) in [6.45, 7) is 7.18. The SMILES string of the molecule is CCNC(CC1CCOCC1)c1scnc1C. The number of nitrogens with zero attached hydrogens (tertiary/aromatic N) is 1. The quantitative estimate of drug-likeness (QED) is 0.877. The first-order valence-corrected chi connectivity index (χ1v) is 7.40. The third kappa shape index (κ3) is 3.50. The van der Waals surface area contributed by atoms with E-state index >= 15 is 0 Å². The Labute approximate surface area is 108 Å². The van der Waals surface area contributed by atoms with Crippen molar-refractivity contribution in [1.29, 1.82) is 0 Å². The molecule has 1 aliphatic rings. The normalized spacial score (nSPS) is 19.4. The minimum Gasteiger partial charge on any atom is -0.381 e. The molecule has 0 amide bonds. The Bertz CT molecular complexity index is 334. The molecule has 1 aliphatic heterocycles. The van der Waals surface area contributed by atoms with Gasteiger partial charge in [-0.1, -0.05) is 6.92 Å². The van der Waals surface area contributed by atoms with Gasteiger partial charge in [-0.3, -0.25) is 0 Å². The summed E-state index contributed by atoms with van der Waals surface area (Å²) in [6, 6.07) is 0.482. The Hall–Kier alpha value is -0.450. The maximum absolute atomic E-state index is 5.43. The molecule has 1 atom stereocenters. The van der Waals surface area contributed by atoms with Gasteiger partial charge in [-0.15, -0.1) is 11.3 Å². The molecule has 2 heterocycles. The molecule has 1 saturated heterocycles. The fourth-order valence-electron chi connectivity index (χ4n) is 2.49. The summed E-state index contributed by atoms with van der Waals surface area (Å²) in [6.07, 6.45) is 3.64. The van der Waals surface area contributed by atoms with Gasteiger partial charge in [0.05, 0.1) is 11.2 Å². The molecule has 0 saturated carbocycles. The van der Waals surface area contributed by atoms with Crippen molar-refractivity contribution in [1.82, 2.24) is 10.3 Å². The van der Waals surface area contributed by atoms with Gasteiger partial charge in [0.25, 0.3) is 0 Å². The Morgan fingerprint density at radius 1 is 1.53 bits per heavy atom. The summed E-state index contributed by atoms with van der Waals surface area (Å²) in [5.74, 6) is 0.800. The van der Waals surface area contributed by atoms with E-state index in [4.69, 9.17) is 4.74 Å². The van der Waals surface area contributed by atoms with E-state index in [1.165, 1.54) is 29.8 Å². The molecule has 4 heteroatoms. The largest absolute Gasteiger partial charge is 0.381 e. The van der Waals surface area contributed by atoms with Gasteiger partial charge in [0, 0.05) is 24.1 Å². The van der Waals surface area contributed by atoms with Crippen molar-refractivity contribution in [3.05, 3.63) is 16.1 Å². The molecule has 1 N–H and O–H groups in total. The van der Waals surface area contributed by atoms with Crippen LogP contribution in [-0.4, -0.2) is 24.7 Å². The van der Waals surface area contributed by atoms with Gasteiger partial charge in [-0.05, 0) is 38.6 Å². The second-order valence-corrected chi connectivity index (χ2v) is 5.59. The van der Waals surface area contributed by atoms with E-state index in [0.717, 1.165) is 25.7 Å². The zero-order valence-electron chi connectivity index (χ0n) is 10.7. The minimum atomic E-state index is 0.482. The van der Waals surface area contributed by atoms with E-state index in [-0.39, 0.29) is 0 Å². The Morgan fingerprint density at radius 3 is 2.88 bits per heavy atom. The van der Waals surface area contributed by atoms with E-state index in [2.05, 4.69) is 24.1 Å². The highest BCUT2D eigenvalue weighted by Crippen LogP contribution is 2.31. The highest BCUT2D eigenvalue weighted by molar-refractivity contribution is 7.09. The van der Waals surface area contributed by atoms with Crippen LogP contribution >= 0.6 is 11.3 Å². The van der Waals surface area contributed by atoms with Crippen LogP contribution in [0.3, 0.4) is 0 Å². The lowest BCUT2D eigenvalue weighted by Crippen LogP contribution is -2.26. The third-order valence-corrected chi connectivity index (χ3v) is 4.50. The van der Waals surface area contributed by atoms with Gasteiger partial charge in [0.2, 0.25) is 0 Å². The third-order valence-electron chi connectivity index (χ3n) is 3.46. The number of ether oxygens (including phenoxy) is 1. The number of hydrogen-bond donors (Lipinski definition) is 1. The lowest BCUT2D eigenvalue weighted by atomic mass is 9.91. The molecule has 0 radical (unpaired) electrons. The molecule has 17 heavy (non-hydrogen) atoms. The molecule has 2 rings (SSSR count). The van der Waals surface area contributed by atoms with Crippen LogP contribution in [0, 0.1) is 12.8 Å². The number of thiazole rings is 1. The van der Waals surface area contributed by atoms with Crippen molar-refractivity contribution >= 4 is 11.3 Å². The molecule has 1 aromatic heterocycles. The van der Waals surface area contributed by atoms with Crippen LogP contribution in [-0.2, 0) is 4.74 Å². The van der Waals surface area contributed by atoms with E-state index in [1.807, 2.05) is 5.51 Å². The summed E-state index contributed by atoms with van der Waals surface area (Å²) in [7, 11) is 0. The number of aryl methyl sites for hydroxylation is 1. The molecule has 96 valence electrons. The molecule has 0 aliphatic carbocycles. The summed E-state index contributed by atoms with van der Waals surface area (Å²) in [5, 5.41) is 3.60. The van der Waals surface area contributed by atoms with Gasteiger partial charge in [0.15, 0.2) is 0 Å². The topological polar surface area (TPSA) is 34.1 Å². The van der Waals surface area contributed by atoms with Crippen molar-refractivity contribution in [3.63, 3.8) is 0 Å². The maximum Gasteiger partial charge on any atom is 0.0798 e. The minimum absolute atomic E-state index is 0.482. The summed E-state index contributed by atoms with van der Waals surface area (Å²) < 4.78 is 5.43.